The first-order chi connectivity index (χ1) is 9.15. The minimum atomic E-state index is 0.0211. The van der Waals surface area contributed by atoms with E-state index in [9.17, 15) is 0 Å². The molecule has 5 nitrogen and oxygen atoms in total. The molecule has 1 unspecified atom stereocenters. The van der Waals surface area contributed by atoms with Crippen molar-refractivity contribution >= 4 is 15.9 Å². The lowest BCUT2D eigenvalue weighted by Gasteiger charge is -2.17. The van der Waals surface area contributed by atoms with Crippen molar-refractivity contribution in [2.45, 2.75) is 12.5 Å². The summed E-state index contributed by atoms with van der Waals surface area (Å²) in [6.45, 7) is 0. The molecule has 0 saturated carbocycles. The summed E-state index contributed by atoms with van der Waals surface area (Å²) in [4.78, 5) is 4.12. The van der Waals surface area contributed by atoms with E-state index in [1.165, 1.54) is 0 Å². The Morgan fingerprint density at radius 1 is 1.53 bits per heavy atom. The molecule has 1 aromatic carbocycles. The van der Waals surface area contributed by atoms with E-state index in [1.54, 1.807) is 13.4 Å². The van der Waals surface area contributed by atoms with E-state index >= 15 is 0 Å². The maximum absolute atomic E-state index is 5.65. The minimum absolute atomic E-state index is 0.0211. The molecule has 0 saturated heterocycles. The molecule has 2 rings (SSSR count). The first kappa shape index (κ1) is 14.0. The fourth-order valence-corrected chi connectivity index (χ4v) is 2.61. The van der Waals surface area contributed by atoms with E-state index in [0.717, 1.165) is 27.9 Å². The molecule has 3 N–H and O–H groups in total. The van der Waals surface area contributed by atoms with Crippen molar-refractivity contribution in [3.8, 4) is 5.75 Å². The molecule has 0 bridgehead atoms. The summed E-state index contributed by atoms with van der Waals surface area (Å²) in [7, 11) is 3.61. The average molecular weight is 325 g/mol. The van der Waals surface area contributed by atoms with Crippen LogP contribution in [-0.4, -0.2) is 16.7 Å². The zero-order valence-corrected chi connectivity index (χ0v) is 12.5. The molecule has 0 aliphatic heterocycles. The SMILES string of the molecule is COc1ccc(CC(NN)c2cncn2C)cc1Br. The summed E-state index contributed by atoms with van der Waals surface area (Å²) in [5.41, 5.74) is 5.05. The molecule has 0 radical (unpaired) electrons. The average Bonchev–Trinajstić information content (AvgIpc) is 2.82. The number of imidazole rings is 1. The Bertz CT molecular complexity index is 555. The third-order valence-corrected chi connectivity index (χ3v) is 3.69. The molecule has 1 aromatic heterocycles. The molecular formula is C13H17BrN4O. The summed E-state index contributed by atoms with van der Waals surface area (Å²) in [6, 6.07) is 6.04. The van der Waals surface area contributed by atoms with Gasteiger partial charge in [-0.1, -0.05) is 6.07 Å². The van der Waals surface area contributed by atoms with Crippen LogP contribution in [0.25, 0.3) is 0 Å². The summed E-state index contributed by atoms with van der Waals surface area (Å²) >= 11 is 3.49. The summed E-state index contributed by atoms with van der Waals surface area (Å²) < 4.78 is 8.12. The number of benzene rings is 1. The zero-order valence-electron chi connectivity index (χ0n) is 10.9. The van der Waals surface area contributed by atoms with Crippen molar-refractivity contribution in [3.05, 3.63) is 46.5 Å². The van der Waals surface area contributed by atoms with Crippen molar-refractivity contribution in [2.75, 3.05) is 7.11 Å². The van der Waals surface area contributed by atoms with Crippen LogP contribution >= 0.6 is 15.9 Å². The number of hydrazine groups is 1. The number of rotatable bonds is 5. The van der Waals surface area contributed by atoms with Gasteiger partial charge in [-0.3, -0.25) is 11.3 Å². The number of aromatic nitrogens is 2. The van der Waals surface area contributed by atoms with E-state index in [-0.39, 0.29) is 6.04 Å². The standard InChI is InChI=1S/C13H17BrN4O/c1-18-8-16-7-12(18)11(17-15)6-9-3-4-13(19-2)10(14)5-9/h3-5,7-8,11,17H,6,15H2,1-2H3. The van der Waals surface area contributed by atoms with Crippen LogP contribution in [0.4, 0.5) is 0 Å². The van der Waals surface area contributed by atoms with Gasteiger partial charge in [0, 0.05) is 13.2 Å². The molecule has 0 aliphatic carbocycles. The van der Waals surface area contributed by atoms with Gasteiger partial charge in [-0.25, -0.2) is 4.98 Å². The zero-order chi connectivity index (χ0) is 13.8. The van der Waals surface area contributed by atoms with Crippen LogP contribution in [0.5, 0.6) is 5.75 Å². The number of ether oxygens (including phenoxy) is 1. The van der Waals surface area contributed by atoms with Gasteiger partial charge in [0.15, 0.2) is 0 Å². The highest BCUT2D eigenvalue weighted by Gasteiger charge is 2.14. The number of nitrogens with one attached hydrogen (secondary N) is 1. The molecule has 19 heavy (non-hydrogen) atoms. The number of hydrogen-bond acceptors (Lipinski definition) is 4. The molecule has 0 amide bonds. The molecule has 1 atom stereocenters. The quantitative estimate of drug-likeness (QED) is 0.651. The fraction of sp³-hybridized carbons (Fsp3) is 0.308. The molecular weight excluding hydrogens is 308 g/mol. The van der Waals surface area contributed by atoms with Gasteiger partial charge >= 0.3 is 0 Å². The second kappa shape index (κ2) is 6.18. The second-order valence-electron chi connectivity index (χ2n) is 4.32. The molecule has 0 fully saturated rings. The van der Waals surface area contributed by atoms with E-state index in [4.69, 9.17) is 10.6 Å². The van der Waals surface area contributed by atoms with Crippen LogP contribution < -0.4 is 16.0 Å². The van der Waals surface area contributed by atoms with Crippen LogP contribution in [0.1, 0.15) is 17.3 Å². The normalized spacial score (nSPS) is 12.4. The van der Waals surface area contributed by atoms with Gasteiger partial charge in [-0.15, -0.1) is 0 Å². The van der Waals surface area contributed by atoms with Gasteiger partial charge in [0.25, 0.3) is 0 Å². The highest BCUT2D eigenvalue weighted by molar-refractivity contribution is 9.10. The highest BCUT2D eigenvalue weighted by atomic mass is 79.9. The van der Waals surface area contributed by atoms with Crippen molar-refractivity contribution in [3.63, 3.8) is 0 Å². The fourth-order valence-electron chi connectivity index (χ4n) is 2.02. The van der Waals surface area contributed by atoms with Gasteiger partial charge in [-0.05, 0) is 40.0 Å². The van der Waals surface area contributed by atoms with Crippen molar-refractivity contribution in [1.29, 1.82) is 0 Å². The summed E-state index contributed by atoms with van der Waals surface area (Å²) in [5, 5.41) is 0. The third-order valence-electron chi connectivity index (χ3n) is 3.07. The number of nitrogens with zero attached hydrogens (tertiary/aromatic N) is 2. The first-order valence-electron chi connectivity index (χ1n) is 5.90. The monoisotopic (exact) mass is 324 g/mol. The lowest BCUT2D eigenvalue weighted by molar-refractivity contribution is 0.412. The van der Waals surface area contributed by atoms with E-state index in [1.807, 2.05) is 36.0 Å². The Hall–Kier alpha value is -1.37. The topological polar surface area (TPSA) is 65.1 Å². The maximum atomic E-state index is 5.65. The Morgan fingerprint density at radius 2 is 2.32 bits per heavy atom. The molecule has 1 heterocycles. The van der Waals surface area contributed by atoms with Crippen LogP contribution in [0, 0.1) is 0 Å². The van der Waals surface area contributed by atoms with E-state index < -0.39 is 0 Å². The van der Waals surface area contributed by atoms with Crippen LogP contribution in [0.2, 0.25) is 0 Å². The van der Waals surface area contributed by atoms with Gasteiger partial charge in [-0.2, -0.15) is 0 Å². The van der Waals surface area contributed by atoms with Crippen molar-refractivity contribution in [1.82, 2.24) is 15.0 Å². The second-order valence-corrected chi connectivity index (χ2v) is 5.18. The maximum Gasteiger partial charge on any atom is 0.133 e. The largest absolute Gasteiger partial charge is 0.496 e. The van der Waals surface area contributed by atoms with Gasteiger partial charge in [0.1, 0.15) is 5.75 Å². The number of hydrogen-bond donors (Lipinski definition) is 2. The molecule has 102 valence electrons. The van der Waals surface area contributed by atoms with E-state index in [2.05, 4.69) is 26.3 Å². The first-order valence-corrected chi connectivity index (χ1v) is 6.69. The smallest absolute Gasteiger partial charge is 0.133 e. The Morgan fingerprint density at radius 3 is 2.84 bits per heavy atom. The molecule has 0 spiro atoms. The van der Waals surface area contributed by atoms with Gasteiger partial charge < -0.3 is 9.30 Å². The predicted octanol–water partition coefficient (Wildman–Crippen LogP) is 1.94. The Kier molecular flexibility index (Phi) is 4.57. The van der Waals surface area contributed by atoms with Gasteiger partial charge in [0.2, 0.25) is 0 Å². The molecule has 0 aliphatic rings. The Balaban J connectivity index is 2.19. The van der Waals surface area contributed by atoms with Gasteiger partial charge in [0.05, 0.1) is 29.6 Å². The third kappa shape index (κ3) is 3.15. The van der Waals surface area contributed by atoms with Crippen LogP contribution in [0.3, 0.4) is 0 Å². The van der Waals surface area contributed by atoms with Crippen LogP contribution in [0.15, 0.2) is 35.2 Å². The minimum Gasteiger partial charge on any atom is -0.496 e. The molecule has 6 heteroatoms. The number of aryl methyl sites for hydroxylation is 1. The van der Waals surface area contributed by atoms with Crippen molar-refractivity contribution < 1.29 is 4.74 Å². The van der Waals surface area contributed by atoms with Crippen LogP contribution in [-0.2, 0) is 13.5 Å². The summed E-state index contributed by atoms with van der Waals surface area (Å²) in [5.74, 6) is 6.47. The predicted molar refractivity (Wildman–Crippen MR) is 77.7 cm³/mol. The van der Waals surface area contributed by atoms with E-state index in [0.29, 0.717) is 0 Å². The number of methoxy groups -OCH3 is 1. The molecule has 2 aromatic rings. The summed E-state index contributed by atoms with van der Waals surface area (Å²) in [6.07, 6.45) is 4.37. The highest BCUT2D eigenvalue weighted by Crippen LogP contribution is 2.27. The Labute approximate surface area is 120 Å². The lowest BCUT2D eigenvalue weighted by Crippen LogP contribution is -2.30. The number of halogens is 1. The number of nitrogens with two attached hydrogens (primary N) is 1. The lowest BCUT2D eigenvalue weighted by atomic mass is 10.0. The van der Waals surface area contributed by atoms with Crippen molar-refractivity contribution in [2.24, 2.45) is 12.9 Å².